The first-order valence-corrected chi connectivity index (χ1v) is 7.02. The molecule has 110 valence electrons. The molecule has 0 bridgehead atoms. The maximum absolute atomic E-state index is 12.3. The Hall–Kier alpha value is -2.17. The molecule has 0 aromatic heterocycles. The molecule has 0 atom stereocenters. The van der Waals surface area contributed by atoms with E-state index in [1.807, 2.05) is 0 Å². The summed E-state index contributed by atoms with van der Waals surface area (Å²) in [5.74, 6) is -0.948. The Morgan fingerprint density at radius 2 is 1.81 bits per heavy atom. The van der Waals surface area contributed by atoms with Crippen molar-refractivity contribution in [2.24, 2.45) is 11.3 Å². The highest BCUT2D eigenvalue weighted by Gasteiger charge is 2.60. The minimum absolute atomic E-state index is 0.00282. The van der Waals surface area contributed by atoms with Crippen molar-refractivity contribution < 1.29 is 23.9 Å². The zero-order valence-electron chi connectivity index (χ0n) is 11.8. The highest BCUT2D eigenvalue weighted by molar-refractivity contribution is 6.09. The third kappa shape index (κ3) is 2.44. The molecule has 0 N–H and O–H groups in total. The molecule has 2 saturated carbocycles. The number of para-hydroxylation sites is 1. The van der Waals surface area contributed by atoms with Crippen molar-refractivity contribution in [1.29, 1.82) is 0 Å². The number of hydrogen-bond acceptors (Lipinski definition) is 5. The van der Waals surface area contributed by atoms with E-state index in [0.717, 1.165) is 12.8 Å². The number of ketones is 1. The molecule has 5 heteroatoms. The van der Waals surface area contributed by atoms with Gasteiger partial charge in [-0.25, -0.2) is 4.79 Å². The highest BCUT2D eigenvalue weighted by Crippen LogP contribution is 2.53. The van der Waals surface area contributed by atoms with Gasteiger partial charge >= 0.3 is 11.9 Å². The molecule has 5 nitrogen and oxygen atoms in total. The lowest BCUT2D eigenvalue weighted by molar-refractivity contribution is -0.146. The molecule has 0 heterocycles. The Morgan fingerprint density at radius 1 is 1.14 bits per heavy atom. The van der Waals surface area contributed by atoms with Gasteiger partial charge in [0.1, 0.15) is 16.7 Å². The first-order chi connectivity index (χ1) is 10.1. The summed E-state index contributed by atoms with van der Waals surface area (Å²) >= 11 is 0. The summed E-state index contributed by atoms with van der Waals surface area (Å²) in [6, 6.07) is 6.38. The van der Waals surface area contributed by atoms with E-state index in [2.05, 4.69) is 4.74 Å². The number of rotatable bonds is 5. The molecule has 3 rings (SSSR count). The summed E-state index contributed by atoms with van der Waals surface area (Å²) in [5.41, 5.74) is -0.785. The van der Waals surface area contributed by atoms with Crippen LogP contribution in [0.15, 0.2) is 24.3 Å². The Labute approximate surface area is 122 Å². The van der Waals surface area contributed by atoms with E-state index >= 15 is 0 Å². The van der Waals surface area contributed by atoms with Gasteiger partial charge in [0.2, 0.25) is 0 Å². The van der Waals surface area contributed by atoms with E-state index in [-0.39, 0.29) is 23.0 Å². The van der Waals surface area contributed by atoms with E-state index in [9.17, 15) is 14.4 Å². The molecule has 2 aliphatic carbocycles. The number of esters is 2. The molecule has 1 aromatic carbocycles. The topological polar surface area (TPSA) is 69.7 Å². The van der Waals surface area contributed by atoms with E-state index in [1.165, 1.54) is 19.2 Å². The number of hydrogen-bond donors (Lipinski definition) is 0. The standard InChI is InChI=1S/C16H16O5/c1-20-14(18)11-4-2-3-5-12(11)21-15(19)16(8-9-16)13(17)10-6-7-10/h2-5,10H,6-9H2,1H3. The van der Waals surface area contributed by atoms with Crippen molar-refractivity contribution in [3.05, 3.63) is 29.8 Å². The highest BCUT2D eigenvalue weighted by atomic mass is 16.5. The SMILES string of the molecule is COC(=O)c1ccccc1OC(=O)C1(C(=O)C2CC2)CC1. The number of benzene rings is 1. The lowest BCUT2D eigenvalue weighted by atomic mass is 9.97. The lowest BCUT2D eigenvalue weighted by Crippen LogP contribution is -2.31. The molecule has 2 fully saturated rings. The number of ether oxygens (including phenoxy) is 2. The Bertz CT molecular complexity index is 611. The normalized spacial score (nSPS) is 18.7. The van der Waals surface area contributed by atoms with Gasteiger partial charge in [-0.05, 0) is 37.8 Å². The third-order valence-corrected chi connectivity index (χ3v) is 4.06. The molecule has 0 spiro atoms. The molecule has 0 radical (unpaired) electrons. The fourth-order valence-corrected chi connectivity index (χ4v) is 2.44. The molecule has 1 aromatic rings. The molecule has 0 aliphatic heterocycles. The fraction of sp³-hybridized carbons (Fsp3) is 0.438. The van der Waals surface area contributed by atoms with Crippen LogP contribution in [-0.2, 0) is 14.3 Å². The number of Topliss-reactive ketones (excluding diaryl/α,β-unsaturated/α-hetero) is 1. The molecule has 2 aliphatic rings. The van der Waals surface area contributed by atoms with Crippen LogP contribution in [0.5, 0.6) is 5.75 Å². The van der Waals surface area contributed by atoms with Gasteiger partial charge in [-0.3, -0.25) is 9.59 Å². The van der Waals surface area contributed by atoms with Crippen LogP contribution < -0.4 is 4.74 Å². The van der Waals surface area contributed by atoms with Crippen LogP contribution in [0.25, 0.3) is 0 Å². The van der Waals surface area contributed by atoms with Gasteiger partial charge in [0.05, 0.1) is 7.11 Å². The van der Waals surface area contributed by atoms with Crippen molar-refractivity contribution >= 4 is 17.7 Å². The zero-order chi connectivity index (χ0) is 15.0. The second kappa shape index (κ2) is 4.98. The summed E-state index contributed by atoms with van der Waals surface area (Å²) in [6.45, 7) is 0. The van der Waals surface area contributed by atoms with Crippen LogP contribution in [0.3, 0.4) is 0 Å². The van der Waals surface area contributed by atoms with Gasteiger partial charge in [-0.2, -0.15) is 0 Å². The second-order valence-electron chi connectivity index (χ2n) is 5.60. The maximum Gasteiger partial charge on any atom is 0.341 e. The van der Waals surface area contributed by atoms with Crippen molar-refractivity contribution in [3.63, 3.8) is 0 Å². The van der Waals surface area contributed by atoms with Crippen LogP contribution in [-0.4, -0.2) is 24.8 Å². The molecule has 0 amide bonds. The molecule has 21 heavy (non-hydrogen) atoms. The Morgan fingerprint density at radius 3 is 2.38 bits per heavy atom. The summed E-state index contributed by atoms with van der Waals surface area (Å²) in [7, 11) is 1.26. The van der Waals surface area contributed by atoms with E-state index < -0.39 is 17.4 Å². The van der Waals surface area contributed by atoms with E-state index in [4.69, 9.17) is 4.74 Å². The van der Waals surface area contributed by atoms with Crippen molar-refractivity contribution in [2.75, 3.05) is 7.11 Å². The summed E-state index contributed by atoms with van der Waals surface area (Å²) in [6.07, 6.45) is 2.82. The van der Waals surface area contributed by atoms with Crippen LogP contribution in [0.1, 0.15) is 36.0 Å². The van der Waals surface area contributed by atoms with Crippen LogP contribution in [0.2, 0.25) is 0 Å². The fourth-order valence-electron chi connectivity index (χ4n) is 2.44. The average molecular weight is 288 g/mol. The van der Waals surface area contributed by atoms with E-state index in [1.54, 1.807) is 12.1 Å². The predicted molar refractivity (Wildman–Crippen MR) is 72.8 cm³/mol. The van der Waals surface area contributed by atoms with Gasteiger partial charge in [-0.1, -0.05) is 12.1 Å². The summed E-state index contributed by atoms with van der Waals surface area (Å²) in [5, 5.41) is 0. The monoisotopic (exact) mass is 288 g/mol. The van der Waals surface area contributed by atoms with Gasteiger partial charge in [0, 0.05) is 5.92 Å². The molecular formula is C16H16O5. The molecule has 0 unspecified atom stereocenters. The smallest absolute Gasteiger partial charge is 0.341 e. The Kier molecular flexibility index (Phi) is 3.27. The summed E-state index contributed by atoms with van der Waals surface area (Å²) in [4.78, 5) is 36.2. The summed E-state index contributed by atoms with van der Waals surface area (Å²) < 4.78 is 9.99. The predicted octanol–water partition coefficient (Wildman–Crippen LogP) is 2.14. The van der Waals surface area contributed by atoms with Gasteiger partial charge < -0.3 is 9.47 Å². The third-order valence-electron chi connectivity index (χ3n) is 4.06. The van der Waals surface area contributed by atoms with Crippen LogP contribution >= 0.6 is 0 Å². The lowest BCUT2D eigenvalue weighted by Gasteiger charge is -2.14. The van der Waals surface area contributed by atoms with Gasteiger partial charge in [0.15, 0.2) is 5.78 Å². The van der Waals surface area contributed by atoms with Crippen molar-refractivity contribution in [1.82, 2.24) is 0 Å². The molecular weight excluding hydrogens is 272 g/mol. The minimum Gasteiger partial charge on any atom is -0.465 e. The maximum atomic E-state index is 12.3. The van der Waals surface area contributed by atoms with Gasteiger partial charge in [0.25, 0.3) is 0 Å². The number of carbonyl (C=O) groups excluding carboxylic acids is 3. The largest absolute Gasteiger partial charge is 0.465 e. The van der Waals surface area contributed by atoms with E-state index in [0.29, 0.717) is 12.8 Å². The van der Waals surface area contributed by atoms with Crippen molar-refractivity contribution in [3.8, 4) is 5.75 Å². The quantitative estimate of drug-likeness (QED) is 0.471. The minimum atomic E-state index is -0.968. The van der Waals surface area contributed by atoms with Gasteiger partial charge in [-0.15, -0.1) is 0 Å². The average Bonchev–Trinajstić information content (AvgIpc) is 3.40. The van der Waals surface area contributed by atoms with Crippen LogP contribution in [0, 0.1) is 11.3 Å². The first kappa shape index (κ1) is 13.8. The van der Waals surface area contributed by atoms with Crippen LogP contribution in [0.4, 0.5) is 0 Å². The second-order valence-corrected chi connectivity index (χ2v) is 5.60. The number of methoxy groups -OCH3 is 1. The van der Waals surface area contributed by atoms with Crippen molar-refractivity contribution in [2.45, 2.75) is 25.7 Å². The first-order valence-electron chi connectivity index (χ1n) is 7.02. The zero-order valence-corrected chi connectivity index (χ0v) is 11.8. The Balaban J connectivity index is 1.79. The molecule has 0 saturated heterocycles. The number of carbonyl (C=O) groups is 3.